The van der Waals surface area contributed by atoms with E-state index in [-0.39, 0.29) is 11.3 Å². The van der Waals surface area contributed by atoms with Gasteiger partial charge >= 0.3 is 0 Å². The minimum absolute atomic E-state index is 0.115. The minimum Gasteiger partial charge on any atom is -0.326 e. The molecule has 1 aliphatic carbocycles. The largest absolute Gasteiger partial charge is 0.326 e. The summed E-state index contributed by atoms with van der Waals surface area (Å²) in [6.07, 6.45) is 2.01. The summed E-state index contributed by atoms with van der Waals surface area (Å²) in [6, 6.07) is 5.93. The number of anilines is 1. The lowest BCUT2D eigenvalue weighted by Gasteiger charge is -2.10. The average molecular weight is 268 g/mol. The second kappa shape index (κ2) is 3.63. The highest BCUT2D eigenvalue weighted by Crippen LogP contribution is 2.45. The zero-order valence-electron chi connectivity index (χ0n) is 8.93. The van der Waals surface area contributed by atoms with Crippen LogP contribution in [-0.2, 0) is 4.79 Å². The van der Waals surface area contributed by atoms with Crippen molar-refractivity contribution in [3.8, 4) is 0 Å². The maximum absolute atomic E-state index is 11.8. The highest BCUT2D eigenvalue weighted by molar-refractivity contribution is 9.10. The molecule has 3 heteroatoms. The van der Waals surface area contributed by atoms with E-state index in [0.29, 0.717) is 0 Å². The fraction of sp³-hybridized carbons (Fsp3) is 0.417. The van der Waals surface area contributed by atoms with Crippen LogP contribution in [-0.4, -0.2) is 5.91 Å². The Bertz CT molecular complexity index is 390. The summed E-state index contributed by atoms with van der Waals surface area (Å²) in [4.78, 5) is 11.8. The number of rotatable bonds is 2. The first kappa shape index (κ1) is 10.7. The summed E-state index contributed by atoms with van der Waals surface area (Å²) >= 11 is 3.42. The first-order valence-electron chi connectivity index (χ1n) is 5.08. The zero-order chi connectivity index (χ0) is 11.1. The number of amides is 1. The van der Waals surface area contributed by atoms with Crippen LogP contribution in [0.4, 0.5) is 5.69 Å². The molecule has 1 amide bonds. The van der Waals surface area contributed by atoms with Crippen molar-refractivity contribution in [3.63, 3.8) is 0 Å². The molecule has 0 bridgehead atoms. The maximum atomic E-state index is 11.8. The molecule has 0 atom stereocenters. The standard InChI is InChI=1S/C12H14BrNO/c1-8-5-9(13)7-10(6-8)14-11(15)12(2)3-4-12/h5-7H,3-4H2,1-2H3,(H,14,15). The van der Waals surface area contributed by atoms with Crippen LogP contribution in [0.25, 0.3) is 0 Å². The predicted molar refractivity (Wildman–Crippen MR) is 64.8 cm³/mol. The van der Waals surface area contributed by atoms with E-state index in [1.807, 2.05) is 32.0 Å². The van der Waals surface area contributed by atoms with Gasteiger partial charge in [0.25, 0.3) is 0 Å². The first-order chi connectivity index (χ1) is 6.99. The van der Waals surface area contributed by atoms with Crippen molar-refractivity contribution in [2.45, 2.75) is 26.7 Å². The van der Waals surface area contributed by atoms with Crippen molar-refractivity contribution < 1.29 is 4.79 Å². The van der Waals surface area contributed by atoms with Gasteiger partial charge in [0.05, 0.1) is 0 Å². The molecule has 0 saturated heterocycles. The Balaban J connectivity index is 2.13. The van der Waals surface area contributed by atoms with Crippen molar-refractivity contribution in [2.24, 2.45) is 5.41 Å². The van der Waals surface area contributed by atoms with E-state index in [2.05, 4.69) is 21.2 Å². The Morgan fingerprint density at radius 2 is 2.07 bits per heavy atom. The van der Waals surface area contributed by atoms with E-state index in [0.717, 1.165) is 28.6 Å². The summed E-state index contributed by atoms with van der Waals surface area (Å²) in [5.74, 6) is 0.139. The van der Waals surface area contributed by atoms with Gasteiger partial charge in [-0.25, -0.2) is 0 Å². The molecule has 80 valence electrons. The summed E-state index contributed by atoms with van der Waals surface area (Å²) in [6.45, 7) is 4.02. The SMILES string of the molecule is Cc1cc(Br)cc(NC(=O)C2(C)CC2)c1. The van der Waals surface area contributed by atoms with Crippen LogP contribution in [0.5, 0.6) is 0 Å². The summed E-state index contributed by atoms with van der Waals surface area (Å²) < 4.78 is 0.999. The molecule has 1 aromatic carbocycles. The number of nitrogens with one attached hydrogen (secondary N) is 1. The summed E-state index contributed by atoms with van der Waals surface area (Å²) in [7, 11) is 0. The van der Waals surface area contributed by atoms with Crippen molar-refractivity contribution in [2.75, 3.05) is 5.32 Å². The fourth-order valence-corrected chi connectivity index (χ4v) is 2.11. The molecular formula is C12H14BrNO. The first-order valence-corrected chi connectivity index (χ1v) is 5.88. The van der Waals surface area contributed by atoms with E-state index < -0.39 is 0 Å². The van der Waals surface area contributed by atoms with Crippen LogP contribution >= 0.6 is 15.9 Å². The third-order valence-electron chi connectivity index (χ3n) is 2.85. The van der Waals surface area contributed by atoms with Crippen LogP contribution in [0.3, 0.4) is 0 Å². The normalized spacial score (nSPS) is 17.3. The van der Waals surface area contributed by atoms with Gasteiger partial charge < -0.3 is 5.32 Å². The lowest BCUT2D eigenvalue weighted by molar-refractivity contribution is -0.120. The molecule has 1 saturated carbocycles. The molecule has 0 spiro atoms. The lowest BCUT2D eigenvalue weighted by atomic mass is 10.1. The van der Waals surface area contributed by atoms with Gasteiger partial charge in [-0.1, -0.05) is 22.9 Å². The molecular weight excluding hydrogens is 254 g/mol. The predicted octanol–water partition coefficient (Wildman–Crippen LogP) is 3.50. The minimum atomic E-state index is -0.115. The molecule has 0 unspecified atom stereocenters. The molecule has 1 aliphatic rings. The fourth-order valence-electron chi connectivity index (χ4n) is 1.51. The molecule has 0 heterocycles. The lowest BCUT2D eigenvalue weighted by Crippen LogP contribution is -2.21. The van der Waals surface area contributed by atoms with E-state index in [1.165, 1.54) is 0 Å². The van der Waals surface area contributed by atoms with E-state index in [4.69, 9.17) is 0 Å². The smallest absolute Gasteiger partial charge is 0.230 e. The number of aryl methyl sites for hydroxylation is 1. The molecule has 2 rings (SSSR count). The number of hydrogen-bond acceptors (Lipinski definition) is 1. The summed E-state index contributed by atoms with van der Waals surface area (Å²) in [5.41, 5.74) is 1.90. The van der Waals surface area contributed by atoms with Gasteiger partial charge in [-0.3, -0.25) is 4.79 Å². The number of carbonyl (C=O) groups excluding carboxylic acids is 1. The Morgan fingerprint density at radius 1 is 1.40 bits per heavy atom. The molecule has 1 aromatic rings. The third kappa shape index (κ3) is 2.40. The maximum Gasteiger partial charge on any atom is 0.230 e. The highest BCUT2D eigenvalue weighted by Gasteiger charge is 2.44. The van der Waals surface area contributed by atoms with Gasteiger partial charge in [0.2, 0.25) is 5.91 Å². The van der Waals surface area contributed by atoms with Crippen LogP contribution in [0, 0.1) is 12.3 Å². The molecule has 1 fully saturated rings. The molecule has 1 N–H and O–H groups in total. The van der Waals surface area contributed by atoms with Crippen LogP contribution in [0.1, 0.15) is 25.3 Å². The second-order valence-electron chi connectivity index (χ2n) is 4.53. The van der Waals surface area contributed by atoms with Crippen molar-refractivity contribution in [1.82, 2.24) is 0 Å². The quantitative estimate of drug-likeness (QED) is 0.873. The van der Waals surface area contributed by atoms with Gasteiger partial charge in [0.15, 0.2) is 0 Å². The molecule has 0 aromatic heterocycles. The summed E-state index contributed by atoms with van der Waals surface area (Å²) in [5, 5.41) is 2.96. The number of carbonyl (C=O) groups is 1. The van der Waals surface area contributed by atoms with Crippen LogP contribution in [0.2, 0.25) is 0 Å². The number of halogens is 1. The molecule has 2 nitrogen and oxygen atoms in total. The van der Waals surface area contributed by atoms with Crippen molar-refractivity contribution in [3.05, 3.63) is 28.2 Å². The Kier molecular flexibility index (Phi) is 2.59. The molecule has 15 heavy (non-hydrogen) atoms. The zero-order valence-corrected chi connectivity index (χ0v) is 10.5. The monoisotopic (exact) mass is 267 g/mol. The van der Waals surface area contributed by atoms with Crippen molar-refractivity contribution in [1.29, 1.82) is 0 Å². The van der Waals surface area contributed by atoms with E-state index in [9.17, 15) is 4.79 Å². The Hall–Kier alpha value is -0.830. The van der Waals surface area contributed by atoms with E-state index >= 15 is 0 Å². The van der Waals surface area contributed by atoms with Crippen molar-refractivity contribution >= 4 is 27.5 Å². The number of hydrogen-bond donors (Lipinski definition) is 1. The highest BCUT2D eigenvalue weighted by atomic mass is 79.9. The Morgan fingerprint density at radius 3 is 2.60 bits per heavy atom. The average Bonchev–Trinajstić information content (AvgIpc) is 2.83. The van der Waals surface area contributed by atoms with Gasteiger partial charge in [0, 0.05) is 15.6 Å². The van der Waals surface area contributed by atoms with E-state index in [1.54, 1.807) is 0 Å². The Labute approximate surface area is 98.2 Å². The van der Waals surface area contributed by atoms with Gasteiger partial charge in [-0.05, 0) is 43.5 Å². The van der Waals surface area contributed by atoms with Gasteiger partial charge in [-0.15, -0.1) is 0 Å². The molecule has 0 radical (unpaired) electrons. The number of benzene rings is 1. The van der Waals surface area contributed by atoms with Gasteiger partial charge in [0.1, 0.15) is 0 Å². The third-order valence-corrected chi connectivity index (χ3v) is 3.31. The second-order valence-corrected chi connectivity index (χ2v) is 5.45. The topological polar surface area (TPSA) is 29.1 Å². The molecule has 0 aliphatic heterocycles. The van der Waals surface area contributed by atoms with Crippen LogP contribution in [0.15, 0.2) is 22.7 Å². The van der Waals surface area contributed by atoms with Gasteiger partial charge in [-0.2, -0.15) is 0 Å². The van der Waals surface area contributed by atoms with Crippen LogP contribution < -0.4 is 5.32 Å².